The number of primary amides is 1. The lowest BCUT2D eigenvalue weighted by Crippen LogP contribution is -2.11. The summed E-state index contributed by atoms with van der Waals surface area (Å²) in [5.74, 6) is 0.519. The van der Waals surface area contributed by atoms with Crippen molar-refractivity contribution in [3.05, 3.63) is 59.7 Å². The van der Waals surface area contributed by atoms with Crippen LogP contribution in [0.5, 0.6) is 11.5 Å². The second-order valence-electron chi connectivity index (χ2n) is 6.23. The van der Waals surface area contributed by atoms with Crippen LogP contribution in [0.1, 0.15) is 42.1 Å². The minimum absolute atomic E-state index is 0.286. The maximum Gasteiger partial charge on any atom is 0.248 e. The van der Waals surface area contributed by atoms with Crippen molar-refractivity contribution in [1.29, 1.82) is 0 Å². The highest BCUT2D eigenvalue weighted by atomic mass is 16.5. The number of methoxy groups -OCH3 is 1. The maximum atomic E-state index is 12.1. The summed E-state index contributed by atoms with van der Waals surface area (Å²) in [6.07, 6.45) is 6.39. The van der Waals surface area contributed by atoms with Gasteiger partial charge in [-0.1, -0.05) is 25.8 Å². The molecule has 0 saturated carbocycles. The molecule has 0 spiro atoms. The molecule has 0 fully saturated rings. The van der Waals surface area contributed by atoms with Crippen LogP contribution in [0.4, 0.5) is 5.69 Å². The van der Waals surface area contributed by atoms with Crippen LogP contribution < -0.4 is 20.5 Å². The van der Waals surface area contributed by atoms with E-state index in [1.54, 1.807) is 37.5 Å². The van der Waals surface area contributed by atoms with E-state index >= 15 is 0 Å². The summed E-state index contributed by atoms with van der Waals surface area (Å²) in [4.78, 5) is 23.1. The van der Waals surface area contributed by atoms with Crippen molar-refractivity contribution in [3.8, 4) is 11.5 Å². The number of anilines is 1. The highest BCUT2D eigenvalue weighted by Crippen LogP contribution is 2.28. The first-order chi connectivity index (χ1) is 13.5. The van der Waals surface area contributed by atoms with Gasteiger partial charge in [-0.3, -0.25) is 9.59 Å². The number of amides is 2. The SMILES string of the molecule is CCCCCOc1ccc(/C=C/C(=O)Nc2ccc(C(N)=O)cc2)cc1OC. The zero-order chi connectivity index (χ0) is 20.4. The molecule has 2 amide bonds. The van der Waals surface area contributed by atoms with Gasteiger partial charge in [0.15, 0.2) is 11.5 Å². The maximum absolute atomic E-state index is 12.1. The number of hydrogen-bond donors (Lipinski definition) is 2. The molecule has 6 heteroatoms. The van der Waals surface area contributed by atoms with Crippen LogP contribution in [0.15, 0.2) is 48.5 Å². The average Bonchev–Trinajstić information content (AvgIpc) is 2.70. The van der Waals surface area contributed by atoms with Gasteiger partial charge >= 0.3 is 0 Å². The summed E-state index contributed by atoms with van der Waals surface area (Å²) in [5.41, 5.74) is 6.98. The van der Waals surface area contributed by atoms with Crippen molar-refractivity contribution in [2.45, 2.75) is 26.2 Å². The predicted molar refractivity (Wildman–Crippen MR) is 111 cm³/mol. The van der Waals surface area contributed by atoms with Gasteiger partial charge in [0.1, 0.15) is 0 Å². The number of carbonyl (C=O) groups is 2. The molecule has 0 radical (unpaired) electrons. The van der Waals surface area contributed by atoms with E-state index in [2.05, 4.69) is 12.2 Å². The molecule has 3 N–H and O–H groups in total. The molecule has 0 aliphatic rings. The molecule has 2 aromatic carbocycles. The molecule has 2 aromatic rings. The van der Waals surface area contributed by atoms with Gasteiger partial charge in [0.05, 0.1) is 13.7 Å². The topological polar surface area (TPSA) is 90.6 Å². The van der Waals surface area contributed by atoms with Gasteiger partial charge in [-0.05, 0) is 54.5 Å². The van der Waals surface area contributed by atoms with E-state index in [1.165, 1.54) is 6.08 Å². The number of benzene rings is 2. The Balaban J connectivity index is 1.96. The first-order valence-corrected chi connectivity index (χ1v) is 9.23. The van der Waals surface area contributed by atoms with E-state index in [9.17, 15) is 9.59 Å². The molecule has 0 bridgehead atoms. The number of nitrogens with one attached hydrogen (secondary N) is 1. The van der Waals surface area contributed by atoms with Crippen molar-refractivity contribution in [1.82, 2.24) is 0 Å². The summed E-state index contributed by atoms with van der Waals surface area (Å²) in [6.45, 7) is 2.80. The van der Waals surface area contributed by atoms with Crippen LogP contribution in [-0.4, -0.2) is 25.5 Å². The Morgan fingerprint density at radius 2 is 1.82 bits per heavy atom. The van der Waals surface area contributed by atoms with E-state index in [4.69, 9.17) is 15.2 Å². The standard InChI is InChI=1S/C22H26N2O4/c1-3-4-5-14-28-19-12-6-16(15-20(19)27-2)7-13-21(25)24-18-10-8-17(9-11-18)22(23)26/h6-13,15H,3-5,14H2,1-2H3,(H2,23,26)(H,24,25)/b13-7+. The van der Waals surface area contributed by atoms with E-state index in [1.807, 2.05) is 18.2 Å². The van der Waals surface area contributed by atoms with E-state index < -0.39 is 5.91 Å². The zero-order valence-electron chi connectivity index (χ0n) is 16.2. The smallest absolute Gasteiger partial charge is 0.248 e. The summed E-state index contributed by atoms with van der Waals surface area (Å²) in [6, 6.07) is 11.9. The van der Waals surface area contributed by atoms with Crippen LogP contribution in [0.2, 0.25) is 0 Å². The lowest BCUT2D eigenvalue weighted by Gasteiger charge is -2.11. The predicted octanol–water partition coefficient (Wildman–Crippen LogP) is 4.02. The van der Waals surface area contributed by atoms with Crippen molar-refractivity contribution in [2.24, 2.45) is 5.73 Å². The van der Waals surface area contributed by atoms with Crippen LogP contribution in [0.3, 0.4) is 0 Å². The third-order valence-corrected chi connectivity index (χ3v) is 4.06. The molecule has 0 atom stereocenters. The molecule has 0 aromatic heterocycles. The first-order valence-electron chi connectivity index (χ1n) is 9.23. The molecule has 6 nitrogen and oxygen atoms in total. The van der Waals surface area contributed by atoms with E-state index in [-0.39, 0.29) is 5.91 Å². The third-order valence-electron chi connectivity index (χ3n) is 4.06. The Morgan fingerprint density at radius 1 is 1.07 bits per heavy atom. The van der Waals surface area contributed by atoms with Gasteiger partial charge in [0.2, 0.25) is 11.8 Å². The minimum Gasteiger partial charge on any atom is -0.493 e. The minimum atomic E-state index is -0.510. The highest BCUT2D eigenvalue weighted by Gasteiger charge is 2.06. The quantitative estimate of drug-likeness (QED) is 0.480. The number of hydrogen-bond acceptors (Lipinski definition) is 4. The summed E-state index contributed by atoms with van der Waals surface area (Å²) >= 11 is 0. The molecule has 148 valence electrons. The van der Waals surface area contributed by atoms with Gasteiger partial charge in [-0.15, -0.1) is 0 Å². The molecule has 2 rings (SSSR count). The fourth-order valence-electron chi connectivity index (χ4n) is 2.51. The van der Waals surface area contributed by atoms with E-state index in [0.29, 0.717) is 29.4 Å². The molecular weight excluding hydrogens is 356 g/mol. The highest BCUT2D eigenvalue weighted by molar-refractivity contribution is 6.02. The normalized spacial score (nSPS) is 10.6. The number of nitrogens with two attached hydrogens (primary N) is 1. The van der Waals surface area contributed by atoms with Crippen LogP contribution in [0.25, 0.3) is 6.08 Å². The van der Waals surface area contributed by atoms with Gasteiger partial charge in [-0.2, -0.15) is 0 Å². The fourth-order valence-corrected chi connectivity index (χ4v) is 2.51. The molecular formula is C22H26N2O4. The third kappa shape index (κ3) is 6.46. The Labute approximate surface area is 165 Å². The lowest BCUT2D eigenvalue weighted by molar-refractivity contribution is -0.111. The van der Waals surface area contributed by atoms with Gasteiger partial charge in [0, 0.05) is 17.3 Å². The monoisotopic (exact) mass is 382 g/mol. The van der Waals surface area contributed by atoms with Crippen LogP contribution in [0, 0.1) is 0 Å². The summed E-state index contributed by atoms with van der Waals surface area (Å²) in [5, 5.41) is 2.72. The van der Waals surface area contributed by atoms with Crippen LogP contribution in [-0.2, 0) is 4.79 Å². The summed E-state index contributed by atoms with van der Waals surface area (Å²) in [7, 11) is 1.59. The van der Waals surface area contributed by atoms with Crippen molar-refractivity contribution in [2.75, 3.05) is 19.0 Å². The Morgan fingerprint density at radius 3 is 2.46 bits per heavy atom. The van der Waals surface area contributed by atoms with Crippen molar-refractivity contribution < 1.29 is 19.1 Å². The second kappa shape index (κ2) is 10.8. The Kier molecular flexibility index (Phi) is 8.09. The van der Waals surface area contributed by atoms with Gasteiger partial charge in [0.25, 0.3) is 0 Å². The zero-order valence-corrected chi connectivity index (χ0v) is 16.2. The Bertz CT molecular complexity index is 829. The first kappa shape index (κ1) is 21.0. The average molecular weight is 382 g/mol. The number of rotatable bonds is 10. The molecule has 0 aliphatic carbocycles. The number of carbonyl (C=O) groups excluding carboxylic acids is 2. The number of ether oxygens (including phenoxy) is 2. The van der Waals surface area contributed by atoms with Gasteiger partial charge in [-0.25, -0.2) is 0 Å². The second-order valence-corrected chi connectivity index (χ2v) is 6.23. The number of unbranched alkanes of at least 4 members (excludes halogenated alkanes) is 2. The fraction of sp³-hybridized carbons (Fsp3) is 0.273. The van der Waals surface area contributed by atoms with Crippen LogP contribution >= 0.6 is 0 Å². The molecule has 0 unspecified atom stereocenters. The van der Waals surface area contributed by atoms with E-state index in [0.717, 1.165) is 24.8 Å². The molecule has 0 aliphatic heterocycles. The molecule has 0 heterocycles. The van der Waals surface area contributed by atoms with Gasteiger partial charge < -0.3 is 20.5 Å². The van der Waals surface area contributed by atoms with Crippen molar-refractivity contribution >= 4 is 23.6 Å². The largest absolute Gasteiger partial charge is 0.493 e. The Hall–Kier alpha value is -3.28. The summed E-state index contributed by atoms with van der Waals surface area (Å²) < 4.78 is 11.1. The molecule has 28 heavy (non-hydrogen) atoms. The molecule has 0 saturated heterocycles. The van der Waals surface area contributed by atoms with Crippen molar-refractivity contribution in [3.63, 3.8) is 0 Å². The lowest BCUT2D eigenvalue weighted by atomic mass is 10.1.